The average Bonchev–Trinajstić information content (AvgIpc) is 2.14. The Hall–Kier alpha value is -0.950. The van der Waals surface area contributed by atoms with Crippen molar-refractivity contribution in [2.45, 2.75) is 13.1 Å². The smallest absolute Gasteiger partial charge is 0.283 e. The zero-order valence-electron chi connectivity index (χ0n) is 8.68. The topological polar surface area (TPSA) is 46.2 Å². The molecule has 0 amide bonds. The highest BCUT2D eigenvalue weighted by Crippen LogP contribution is 2.33. The first kappa shape index (κ1) is 14.1. The molecule has 0 aliphatic rings. The maximum Gasteiger partial charge on any atom is 0.416 e. The Kier molecular flexibility index (Phi) is 3.93. The molecule has 1 N–H and O–H groups in total. The zero-order valence-corrected chi connectivity index (χ0v) is 10.2. The van der Waals surface area contributed by atoms with Crippen LogP contribution in [0.25, 0.3) is 0 Å². The molecule has 1 rings (SSSR count). The molecule has 0 saturated carbocycles. The van der Waals surface area contributed by atoms with Crippen molar-refractivity contribution in [1.82, 2.24) is 0 Å². The molecule has 0 saturated heterocycles. The van der Waals surface area contributed by atoms with Crippen LogP contribution in [0.1, 0.15) is 12.5 Å². The van der Waals surface area contributed by atoms with Crippen molar-refractivity contribution in [1.29, 1.82) is 0 Å². The van der Waals surface area contributed by atoms with Crippen LogP contribution in [-0.2, 0) is 16.2 Å². The molecule has 17 heavy (non-hydrogen) atoms. The monoisotopic (exact) mass is 287 g/mol. The Balaban J connectivity index is 3.15. The van der Waals surface area contributed by atoms with Gasteiger partial charge in [-0.1, -0.05) is 11.6 Å². The second-order valence-electron chi connectivity index (χ2n) is 3.23. The number of anilines is 1. The van der Waals surface area contributed by atoms with E-state index in [1.54, 1.807) is 0 Å². The standard InChI is InChI=1S/C9H9ClF3NO2S/c1-2-17(15,16)14-8-4-6(9(11,12)13)3-7(10)5-8/h3-5,14H,2H2,1H3. The molecule has 0 atom stereocenters. The van der Waals surface area contributed by atoms with Crippen molar-refractivity contribution in [3.05, 3.63) is 28.8 Å². The summed E-state index contributed by atoms with van der Waals surface area (Å²) < 4.78 is 61.7. The molecule has 0 bridgehead atoms. The number of nitrogens with one attached hydrogen (secondary N) is 1. The maximum absolute atomic E-state index is 12.4. The third-order valence-electron chi connectivity index (χ3n) is 1.88. The molecule has 1 aromatic carbocycles. The molecule has 0 spiro atoms. The molecule has 0 fully saturated rings. The number of hydrogen-bond acceptors (Lipinski definition) is 2. The minimum Gasteiger partial charge on any atom is -0.283 e. The van der Waals surface area contributed by atoms with Crippen LogP contribution in [0.2, 0.25) is 5.02 Å². The highest BCUT2D eigenvalue weighted by atomic mass is 35.5. The average molecular weight is 288 g/mol. The van der Waals surface area contributed by atoms with E-state index >= 15 is 0 Å². The summed E-state index contributed by atoms with van der Waals surface area (Å²) in [6.45, 7) is 1.37. The third-order valence-corrected chi connectivity index (χ3v) is 3.40. The quantitative estimate of drug-likeness (QED) is 0.928. The summed E-state index contributed by atoms with van der Waals surface area (Å²) in [4.78, 5) is 0. The van der Waals surface area contributed by atoms with Gasteiger partial charge in [-0.25, -0.2) is 8.42 Å². The normalized spacial score (nSPS) is 12.5. The van der Waals surface area contributed by atoms with Crippen molar-refractivity contribution in [3.8, 4) is 0 Å². The van der Waals surface area contributed by atoms with Gasteiger partial charge in [0.2, 0.25) is 10.0 Å². The van der Waals surface area contributed by atoms with Crippen LogP contribution in [0.3, 0.4) is 0 Å². The SMILES string of the molecule is CCS(=O)(=O)Nc1cc(Cl)cc(C(F)(F)F)c1. The van der Waals surface area contributed by atoms with E-state index in [4.69, 9.17) is 11.6 Å². The number of benzene rings is 1. The van der Waals surface area contributed by atoms with Crippen LogP contribution < -0.4 is 4.72 Å². The largest absolute Gasteiger partial charge is 0.416 e. The lowest BCUT2D eigenvalue weighted by Gasteiger charge is -2.11. The first-order valence-electron chi connectivity index (χ1n) is 4.52. The lowest BCUT2D eigenvalue weighted by molar-refractivity contribution is -0.137. The summed E-state index contributed by atoms with van der Waals surface area (Å²) >= 11 is 5.49. The maximum atomic E-state index is 12.4. The zero-order chi connectivity index (χ0) is 13.3. The molecular weight excluding hydrogens is 279 g/mol. The molecule has 8 heteroatoms. The van der Waals surface area contributed by atoms with Gasteiger partial charge < -0.3 is 0 Å². The van der Waals surface area contributed by atoms with Gasteiger partial charge in [0.1, 0.15) is 0 Å². The third kappa shape index (κ3) is 4.08. The summed E-state index contributed by atoms with van der Waals surface area (Å²) in [6, 6.07) is 2.54. The van der Waals surface area contributed by atoms with Crippen molar-refractivity contribution < 1.29 is 21.6 Å². The number of halogens is 4. The van der Waals surface area contributed by atoms with Gasteiger partial charge in [0.15, 0.2) is 0 Å². The molecule has 0 heterocycles. The Bertz CT molecular complexity index is 513. The fourth-order valence-corrected chi connectivity index (χ4v) is 1.92. The van der Waals surface area contributed by atoms with E-state index in [1.165, 1.54) is 6.92 Å². The molecule has 0 aliphatic carbocycles. The van der Waals surface area contributed by atoms with Gasteiger partial charge in [0.25, 0.3) is 0 Å². The van der Waals surface area contributed by atoms with Crippen LogP contribution in [0, 0.1) is 0 Å². The van der Waals surface area contributed by atoms with Crippen molar-refractivity contribution in [2.75, 3.05) is 10.5 Å². The second-order valence-corrected chi connectivity index (χ2v) is 5.68. The summed E-state index contributed by atoms with van der Waals surface area (Å²) in [7, 11) is -3.63. The van der Waals surface area contributed by atoms with Crippen molar-refractivity contribution >= 4 is 27.3 Å². The van der Waals surface area contributed by atoms with Crippen LogP contribution in [-0.4, -0.2) is 14.2 Å². The molecule has 3 nitrogen and oxygen atoms in total. The van der Waals surface area contributed by atoms with E-state index in [2.05, 4.69) is 0 Å². The highest BCUT2D eigenvalue weighted by molar-refractivity contribution is 7.92. The van der Waals surface area contributed by atoms with E-state index in [0.717, 1.165) is 12.1 Å². The predicted octanol–water partition coefficient (Wildman–Crippen LogP) is 3.12. The van der Waals surface area contributed by atoms with E-state index < -0.39 is 21.8 Å². The van der Waals surface area contributed by atoms with Gasteiger partial charge >= 0.3 is 6.18 Å². The number of hydrogen-bond donors (Lipinski definition) is 1. The molecule has 96 valence electrons. The van der Waals surface area contributed by atoms with E-state index in [1.807, 2.05) is 4.72 Å². The Morgan fingerprint density at radius 2 is 1.88 bits per heavy atom. The molecule has 0 unspecified atom stereocenters. The molecule has 0 radical (unpaired) electrons. The van der Waals surface area contributed by atoms with Gasteiger partial charge in [-0.05, 0) is 25.1 Å². The second kappa shape index (κ2) is 4.73. The minimum absolute atomic E-state index is 0.186. The summed E-state index contributed by atoms with van der Waals surface area (Å²) in [6.07, 6.45) is -4.57. The fourth-order valence-electron chi connectivity index (χ4n) is 1.06. The highest BCUT2D eigenvalue weighted by Gasteiger charge is 2.31. The van der Waals surface area contributed by atoms with E-state index in [-0.39, 0.29) is 16.5 Å². The van der Waals surface area contributed by atoms with Gasteiger partial charge in [0, 0.05) is 5.02 Å². The van der Waals surface area contributed by atoms with Crippen LogP contribution in [0.4, 0.5) is 18.9 Å². The van der Waals surface area contributed by atoms with E-state index in [0.29, 0.717) is 6.07 Å². The van der Waals surface area contributed by atoms with Crippen molar-refractivity contribution in [3.63, 3.8) is 0 Å². The van der Waals surface area contributed by atoms with Gasteiger partial charge in [-0.2, -0.15) is 13.2 Å². The minimum atomic E-state index is -4.57. The van der Waals surface area contributed by atoms with Gasteiger partial charge in [0.05, 0.1) is 17.0 Å². The van der Waals surface area contributed by atoms with Crippen LogP contribution >= 0.6 is 11.6 Å². The number of alkyl halides is 3. The summed E-state index contributed by atoms with van der Waals surface area (Å²) in [5.74, 6) is -0.235. The van der Waals surface area contributed by atoms with Crippen molar-refractivity contribution in [2.24, 2.45) is 0 Å². The summed E-state index contributed by atoms with van der Waals surface area (Å²) in [5.41, 5.74) is -1.20. The summed E-state index contributed by atoms with van der Waals surface area (Å²) in [5, 5.41) is -0.186. The van der Waals surface area contributed by atoms with Crippen LogP contribution in [0.5, 0.6) is 0 Å². The first-order valence-corrected chi connectivity index (χ1v) is 6.55. The van der Waals surface area contributed by atoms with E-state index in [9.17, 15) is 21.6 Å². The molecule has 0 aliphatic heterocycles. The molecular formula is C9H9ClF3NO2S. The predicted molar refractivity (Wildman–Crippen MR) is 59.5 cm³/mol. The molecule has 0 aromatic heterocycles. The van der Waals surface area contributed by atoms with Gasteiger partial charge in [-0.15, -0.1) is 0 Å². The number of sulfonamides is 1. The molecule has 1 aromatic rings. The first-order chi connectivity index (χ1) is 7.64. The lowest BCUT2D eigenvalue weighted by atomic mass is 10.2. The lowest BCUT2D eigenvalue weighted by Crippen LogP contribution is -2.15. The Morgan fingerprint density at radius 3 is 2.35 bits per heavy atom. The fraction of sp³-hybridized carbons (Fsp3) is 0.333. The van der Waals surface area contributed by atoms with Crippen LogP contribution in [0.15, 0.2) is 18.2 Å². The van der Waals surface area contributed by atoms with Gasteiger partial charge in [-0.3, -0.25) is 4.72 Å². The number of rotatable bonds is 3. The Morgan fingerprint density at radius 1 is 1.29 bits per heavy atom. The Labute approximate surface area is 102 Å².